The summed E-state index contributed by atoms with van der Waals surface area (Å²) < 4.78 is 49.3. The van der Waals surface area contributed by atoms with Crippen LogP contribution < -0.4 is 14.8 Å². The summed E-state index contributed by atoms with van der Waals surface area (Å²) in [6.45, 7) is 1.12. The molecule has 3 nitrogen and oxygen atoms in total. The molecule has 2 rings (SSSR count). The quantitative estimate of drug-likeness (QED) is 0.905. The van der Waals surface area contributed by atoms with Crippen molar-refractivity contribution in [3.8, 4) is 11.5 Å². The van der Waals surface area contributed by atoms with Gasteiger partial charge in [0.25, 0.3) is 0 Å². The molecule has 1 aromatic rings. The minimum Gasteiger partial charge on any atom is -0.486 e. The summed E-state index contributed by atoms with van der Waals surface area (Å²) in [6, 6.07) is 2.45. The van der Waals surface area contributed by atoms with Gasteiger partial charge in [-0.2, -0.15) is 13.2 Å². The molecule has 0 spiro atoms. The van der Waals surface area contributed by atoms with E-state index in [1.54, 1.807) is 7.05 Å². The molecule has 18 heavy (non-hydrogen) atoms. The summed E-state index contributed by atoms with van der Waals surface area (Å²) in [5.74, 6) is 0.558. The van der Waals surface area contributed by atoms with Gasteiger partial charge in [-0.3, -0.25) is 0 Å². The van der Waals surface area contributed by atoms with Gasteiger partial charge in [0, 0.05) is 0 Å². The van der Waals surface area contributed by atoms with Crippen LogP contribution in [-0.4, -0.2) is 26.8 Å². The minimum absolute atomic E-state index is 0.168. The number of halogens is 3. The molecule has 0 atom stereocenters. The molecule has 6 heteroatoms. The van der Waals surface area contributed by atoms with E-state index in [-0.39, 0.29) is 17.9 Å². The molecule has 1 aliphatic rings. The van der Waals surface area contributed by atoms with Gasteiger partial charge in [-0.25, -0.2) is 0 Å². The summed E-state index contributed by atoms with van der Waals surface area (Å²) in [4.78, 5) is 0. The molecule has 0 amide bonds. The zero-order valence-electron chi connectivity index (χ0n) is 9.93. The molecule has 0 aromatic heterocycles. The summed E-state index contributed by atoms with van der Waals surface area (Å²) in [6.07, 6.45) is -4.08. The second-order valence-corrected chi connectivity index (χ2v) is 4.00. The number of alkyl halides is 3. The molecular weight excluding hydrogens is 247 g/mol. The monoisotopic (exact) mass is 261 g/mol. The van der Waals surface area contributed by atoms with E-state index in [2.05, 4.69) is 5.32 Å². The Labute approximate surface area is 103 Å². The fourth-order valence-corrected chi connectivity index (χ4v) is 1.86. The van der Waals surface area contributed by atoms with E-state index in [0.717, 1.165) is 6.07 Å². The van der Waals surface area contributed by atoms with Crippen molar-refractivity contribution in [2.45, 2.75) is 12.6 Å². The third-order valence-corrected chi connectivity index (χ3v) is 2.72. The molecule has 1 N–H and O–H groups in total. The van der Waals surface area contributed by atoms with Gasteiger partial charge < -0.3 is 14.8 Å². The molecule has 0 fully saturated rings. The number of ether oxygens (including phenoxy) is 2. The van der Waals surface area contributed by atoms with E-state index in [0.29, 0.717) is 25.3 Å². The minimum atomic E-state index is -4.38. The van der Waals surface area contributed by atoms with Crippen LogP contribution in [0, 0.1) is 0 Å². The van der Waals surface area contributed by atoms with Crippen molar-refractivity contribution in [3.63, 3.8) is 0 Å². The number of benzene rings is 1. The first-order chi connectivity index (χ1) is 8.52. The Morgan fingerprint density at radius 1 is 1.17 bits per heavy atom. The average Bonchev–Trinajstić information content (AvgIpc) is 2.34. The lowest BCUT2D eigenvalue weighted by Crippen LogP contribution is -2.19. The normalized spacial score (nSPS) is 14.7. The maximum atomic E-state index is 12.9. The Hall–Kier alpha value is -1.43. The maximum Gasteiger partial charge on any atom is 0.416 e. The molecule has 1 aromatic carbocycles. The van der Waals surface area contributed by atoms with Gasteiger partial charge in [0.05, 0.1) is 5.56 Å². The van der Waals surface area contributed by atoms with E-state index in [4.69, 9.17) is 9.47 Å². The predicted molar refractivity (Wildman–Crippen MR) is 60.1 cm³/mol. The highest BCUT2D eigenvalue weighted by Crippen LogP contribution is 2.40. The molecule has 1 heterocycles. The number of likely N-dealkylation sites (N-methyl/N-ethyl adjacent to an activating group) is 1. The van der Waals surface area contributed by atoms with Gasteiger partial charge in [0.15, 0.2) is 11.5 Å². The highest BCUT2D eigenvalue weighted by molar-refractivity contribution is 5.49. The predicted octanol–water partition coefficient (Wildman–Crippen LogP) is 2.24. The molecule has 1 aliphatic heterocycles. The Kier molecular flexibility index (Phi) is 3.65. The first kappa shape index (κ1) is 13.0. The average molecular weight is 261 g/mol. The summed E-state index contributed by atoms with van der Waals surface area (Å²) in [7, 11) is 1.70. The molecule has 100 valence electrons. The summed E-state index contributed by atoms with van der Waals surface area (Å²) in [5.41, 5.74) is -0.428. The highest BCUT2D eigenvalue weighted by Gasteiger charge is 2.35. The summed E-state index contributed by atoms with van der Waals surface area (Å²) >= 11 is 0. The van der Waals surface area contributed by atoms with E-state index < -0.39 is 11.7 Å². The van der Waals surface area contributed by atoms with Crippen LogP contribution in [0.3, 0.4) is 0 Å². The van der Waals surface area contributed by atoms with Crippen LogP contribution in [0.1, 0.15) is 11.1 Å². The Morgan fingerprint density at radius 3 is 2.33 bits per heavy atom. The van der Waals surface area contributed by atoms with Gasteiger partial charge in [0.1, 0.15) is 13.2 Å². The van der Waals surface area contributed by atoms with Gasteiger partial charge in [-0.05, 0) is 37.7 Å². The Morgan fingerprint density at radius 2 is 1.78 bits per heavy atom. The van der Waals surface area contributed by atoms with Crippen LogP contribution in [0.15, 0.2) is 12.1 Å². The second kappa shape index (κ2) is 5.06. The van der Waals surface area contributed by atoms with E-state index in [1.165, 1.54) is 6.07 Å². The lowest BCUT2D eigenvalue weighted by Gasteiger charge is -2.22. The SMILES string of the molecule is CNCCc1cc2c(cc1C(F)(F)F)OCCO2. The van der Waals surface area contributed by atoms with Crippen LogP contribution >= 0.6 is 0 Å². The van der Waals surface area contributed by atoms with Crippen molar-refractivity contribution >= 4 is 0 Å². The summed E-state index contributed by atoms with van der Waals surface area (Å²) in [5, 5.41) is 2.84. The van der Waals surface area contributed by atoms with Gasteiger partial charge in [0.2, 0.25) is 0 Å². The number of fused-ring (bicyclic) bond motifs is 1. The van der Waals surface area contributed by atoms with Crippen LogP contribution in [0.4, 0.5) is 13.2 Å². The number of nitrogens with one attached hydrogen (secondary N) is 1. The van der Waals surface area contributed by atoms with Gasteiger partial charge >= 0.3 is 6.18 Å². The first-order valence-electron chi connectivity index (χ1n) is 5.66. The van der Waals surface area contributed by atoms with E-state index in [9.17, 15) is 13.2 Å². The van der Waals surface area contributed by atoms with Crippen molar-refractivity contribution in [2.75, 3.05) is 26.8 Å². The highest BCUT2D eigenvalue weighted by atomic mass is 19.4. The van der Waals surface area contributed by atoms with E-state index in [1.807, 2.05) is 0 Å². The largest absolute Gasteiger partial charge is 0.486 e. The molecule has 0 saturated heterocycles. The van der Waals surface area contributed by atoms with Crippen LogP contribution in [0.25, 0.3) is 0 Å². The molecule has 0 bridgehead atoms. The number of hydrogen-bond acceptors (Lipinski definition) is 3. The Balaban J connectivity index is 2.41. The van der Waals surface area contributed by atoms with E-state index >= 15 is 0 Å². The smallest absolute Gasteiger partial charge is 0.416 e. The molecule has 0 unspecified atom stereocenters. The fraction of sp³-hybridized carbons (Fsp3) is 0.500. The fourth-order valence-electron chi connectivity index (χ4n) is 1.86. The first-order valence-corrected chi connectivity index (χ1v) is 5.66. The number of rotatable bonds is 3. The molecular formula is C12H14F3NO2. The number of hydrogen-bond donors (Lipinski definition) is 1. The zero-order chi connectivity index (χ0) is 13.2. The zero-order valence-corrected chi connectivity index (χ0v) is 9.93. The van der Waals surface area contributed by atoms with Crippen molar-refractivity contribution in [1.29, 1.82) is 0 Å². The van der Waals surface area contributed by atoms with Crippen molar-refractivity contribution in [1.82, 2.24) is 5.32 Å². The molecule has 0 saturated carbocycles. The lowest BCUT2D eigenvalue weighted by atomic mass is 10.0. The second-order valence-electron chi connectivity index (χ2n) is 4.00. The standard InChI is InChI=1S/C12H14F3NO2/c1-16-3-2-8-6-10-11(18-5-4-17-10)7-9(8)12(13,14)15/h6-7,16H,2-5H2,1H3. The van der Waals surface area contributed by atoms with Gasteiger partial charge in [-0.15, -0.1) is 0 Å². The third kappa shape index (κ3) is 2.69. The Bertz CT molecular complexity index is 432. The maximum absolute atomic E-state index is 12.9. The topological polar surface area (TPSA) is 30.5 Å². The molecule has 0 radical (unpaired) electrons. The third-order valence-electron chi connectivity index (χ3n) is 2.72. The van der Waals surface area contributed by atoms with Crippen LogP contribution in [-0.2, 0) is 12.6 Å². The van der Waals surface area contributed by atoms with Crippen LogP contribution in [0.2, 0.25) is 0 Å². The lowest BCUT2D eigenvalue weighted by molar-refractivity contribution is -0.138. The van der Waals surface area contributed by atoms with Crippen molar-refractivity contribution < 1.29 is 22.6 Å². The van der Waals surface area contributed by atoms with Crippen molar-refractivity contribution in [3.05, 3.63) is 23.3 Å². The van der Waals surface area contributed by atoms with Crippen molar-refractivity contribution in [2.24, 2.45) is 0 Å². The van der Waals surface area contributed by atoms with Gasteiger partial charge in [-0.1, -0.05) is 0 Å². The molecule has 0 aliphatic carbocycles. The van der Waals surface area contributed by atoms with Crippen LogP contribution in [0.5, 0.6) is 11.5 Å².